The zero-order valence-electron chi connectivity index (χ0n) is 12.4. The SMILES string of the molecule is C=CCOc1ccc(-c2nc3cnccc3[nH]2)c(OCC)c1. The molecule has 0 bridgehead atoms. The maximum absolute atomic E-state index is 5.73. The van der Waals surface area contributed by atoms with Crippen LogP contribution in [0.1, 0.15) is 6.92 Å². The van der Waals surface area contributed by atoms with Crippen LogP contribution >= 0.6 is 0 Å². The summed E-state index contributed by atoms with van der Waals surface area (Å²) < 4.78 is 11.3. The Balaban J connectivity index is 2.02. The lowest BCUT2D eigenvalue weighted by molar-refractivity contribution is 0.332. The van der Waals surface area contributed by atoms with Gasteiger partial charge in [-0.3, -0.25) is 4.98 Å². The normalized spacial score (nSPS) is 10.6. The van der Waals surface area contributed by atoms with E-state index in [1.54, 1.807) is 18.5 Å². The monoisotopic (exact) mass is 295 g/mol. The van der Waals surface area contributed by atoms with Crippen LogP contribution in [0.2, 0.25) is 0 Å². The molecule has 1 N–H and O–H groups in total. The Hall–Kier alpha value is -2.82. The number of aromatic nitrogens is 3. The Morgan fingerprint density at radius 1 is 1.27 bits per heavy atom. The molecule has 112 valence electrons. The van der Waals surface area contributed by atoms with Crippen molar-refractivity contribution in [2.24, 2.45) is 0 Å². The number of rotatable bonds is 6. The van der Waals surface area contributed by atoms with E-state index >= 15 is 0 Å². The minimum Gasteiger partial charge on any atom is -0.493 e. The van der Waals surface area contributed by atoms with Crippen LogP contribution in [-0.4, -0.2) is 28.2 Å². The molecule has 0 aliphatic rings. The third kappa shape index (κ3) is 2.79. The molecule has 0 atom stereocenters. The van der Waals surface area contributed by atoms with Gasteiger partial charge >= 0.3 is 0 Å². The van der Waals surface area contributed by atoms with E-state index in [4.69, 9.17) is 9.47 Å². The molecule has 5 nitrogen and oxygen atoms in total. The molecule has 0 saturated carbocycles. The smallest absolute Gasteiger partial charge is 0.142 e. The molecule has 2 aromatic heterocycles. The van der Waals surface area contributed by atoms with Gasteiger partial charge in [-0.1, -0.05) is 12.7 Å². The molecule has 0 amide bonds. The number of pyridine rings is 1. The van der Waals surface area contributed by atoms with Crippen molar-refractivity contribution in [2.45, 2.75) is 6.92 Å². The van der Waals surface area contributed by atoms with Gasteiger partial charge in [-0.05, 0) is 25.1 Å². The van der Waals surface area contributed by atoms with Crippen molar-refractivity contribution in [2.75, 3.05) is 13.2 Å². The van der Waals surface area contributed by atoms with E-state index in [0.29, 0.717) is 13.2 Å². The highest BCUT2D eigenvalue weighted by molar-refractivity contribution is 5.80. The van der Waals surface area contributed by atoms with Crippen molar-refractivity contribution in [3.63, 3.8) is 0 Å². The van der Waals surface area contributed by atoms with Crippen molar-refractivity contribution in [1.82, 2.24) is 15.0 Å². The van der Waals surface area contributed by atoms with Gasteiger partial charge in [0.25, 0.3) is 0 Å². The van der Waals surface area contributed by atoms with Gasteiger partial charge in [0.05, 0.1) is 23.9 Å². The Morgan fingerprint density at radius 2 is 2.18 bits per heavy atom. The van der Waals surface area contributed by atoms with E-state index in [9.17, 15) is 0 Å². The maximum atomic E-state index is 5.73. The first-order valence-electron chi connectivity index (χ1n) is 7.12. The first-order valence-corrected chi connectivity index (χ1v) is 7.12. The van der Waals surface area contributed by atoms with Crippen molar-refractivity contribution >= 4 is 11.0 Å². The van der Waals surface area contributed by atoms with E-state index in [2.05, 4.69) is 21.5 Å². The number of benzene rings is 1. The fourth-order valence-corrected chi connectivity index (χ4v) is 2.20. The molecular weight excluding hydrogens is 278 g/mol. The lowest BCUT2D eigenvalue weighted by atomic mass is 10.2. The van der Waals surface area contributed by atoms with Crippen LogP contribution < -0.4 is 9.47 Å². The van der Waals surface area contributed by atoms with Crippen LogP contribution in [0.5, 0.6) is 11.5 Å². The fraction of sp³-hybridized carbons (Fsp3) is 0.176. The van der Waals surface area contributed by atoms with E-state index in [0.717, 1.165) is 33.9 Å². The first kappa shape index (κ1) is 14.1. The lowest BCUT2D eigenvalue weighted by Gasteiger charge is -2.11. The third-order valence-corrected chi connectivity index (χ3v) is 3.16. The summed E-state index contributed by atoms with van der Waals surface area (Å²) >= 11 is 0. The number of hydrogen-bond acceptors (Lipinski definition) is 4. The van der Waals surface area contributed by atoms with Gasteiger partial charge in [0, 0.05) is 12.3 Å². The van der Waals surface area contributed by atoms with E-state index in [1.807, 2.05) is 31.2 Å². The predicted octanol–water partition coefficient (Wildman–Crippen LogP) is 3.59. The minimum atomic E-state index is 0.460. The summed E-state index contributed by atoms with van der Waals surface area (Å²) in [4.78, 5) is 11.9. The Kier molecular flexibility index (Phi) is 4.05. The number of nitrogens with zero attached hydrogens (tertiary/aromatic N) is 2. The van der Waals surface area contributed by atoms with Crippen molar-refractivity contribution in [1.29, 1.82) is 0 Å². The fourth-order valence-electron chi connectivity index (χ4n) is 2.20. The molecule has 1 aromatic carbocycles. The summed E-state index contributed by atoms with van der Waals surface area (Å²) in [6.07, 6.45) is 5.18. The second kappa shape index (κ2) is 6.30. The summed E-state index contributed by atoms with van der Waals surface area (Å²) in [7, 11) is 0. The summed E-state index contributed by atoms with van der Waals surface area (Å²) in [6, 6.07) is 7.60. The van der Waals surface area contributed by atoms with Crippen LogP contribution in [-0.2, 0) is 0 Å². The zero-order chi connectivity index (χ0) is 15.4. The van der Waals surface area contributed by atoms with Crippen molar-refractivity contribution in [3.05, 3.63) is 49.3 Å². The zero-order valence-corrected chi connectivity index (χ0v) is 12.4. The summed E-state index contributed by atoms with van der Waals surface area (Å²) in [5, 5.41) is 0. The largest absolute Gasteiger partial charge is 0.493 e. The second-order valence-electron chi connectivity index (χ2n) is 4.67. The minimum absolute atomic E-state index is 0.460. The number of ether oxygens (including phenoxy) is 2. The maximum Gasteiger partial charge on any atom is 0.142 e. The van der Waals surface area contributed by atoms with Crippen LogP contribution in [0.15, 0.2) is 49.3 Å². The summed E-state index contributed by atoms with van der Waals surface area (Å²) in [5.74, 6) is 2.22. The number of aromatic amines is 1. The number of imidazole rings is 1. The average Bonchev–Trinajstić information content (AvgIpc) is 2.97. The van der Waals surface area contributed by atoms with Crippen LogP contribution in [0.25, 0.3) is 22.4 Å². The first-order chi connectivity index (χ1) is 10.8. The average molecular weight is 295 g/mol. The van der Waals surface area contributed by atoms with Gasteiger partial charge in [0.15, 0.2) is 0 Å². The quantitative estimate of drug-likeness (QED) is 0.706. The molecular formula is C17H17N3O2. The highest BCUT2D eigenvalue weighted by Gasteiger charge is 2.12. The molecule has 5 heteroatoms. The predicted molar refractivity (Wildman–Crippen MR) is 86.2 cm³/mol. The van der Waals surface area contributed by atoms with Crippen molar-refractivity contribution in [3.8, 4) is 22.9 Å². The number of nitrogens with one attached hydrogen (secondary N) is 1. The standard InChI is InChI=1S/C17H17N3O2/c1-3-9-22-12-5-6-13(16(10-12)21-4-2)17-19-14-7-8-18-11-15(14)20-17/h3,5-8,10-11H,1,4,9H2,2H3,(H,19,20). The molecule has 0 saturated heterocycles. The van der Waals surface area contributed by atoms with Crippen LogP contribution in [0.4, 0.5) is 0 Å². The molecule has 3 aromatic rings. The van der Waals surface area contributed by atoms with Gasteiger partial charge in [-0.15, -0.1) is 0 Å². The van der Waals surface area contributed by atoms with Gasteiger partial charge in [0.1, 0.15) is 29.4 Å². The molecule has 0 radical (unpaired) electrons. The van der Waals surface area contributed by atoms with Crippen LogP contribution in [0.3, 0.4) is 0 Å². The van der Waals surface area contributed by atoms with Gasteiger partial charge < -0.3 is 14.5 Å². The van der Waals surface area contributed by atoms with Gasteiger partial charge in [-0.25, -0.2) is 4.98 Å². The molecule has 22 heavy (non-hydrogen) atoms. The van der Waals surface area contributed by atoms with Crippen molar-refractivity contribution < 1.29 is 9.47 Å². The Morgan fingerprint density at radius 3 is 2.95 bits per heavy atom. The molecule has 3 rings (SSSR count). The third-order valence-electron chi connectivity index (χ3n) is 3.16. The molecule has 2 heterocycles. The number of fused-ring (bicyclic) bond motifs is 1. The number of H-pyrrole nitrogens is 1. The number of hydrogen-bond donors (Lipinski definition) is 1. The van der Waals surface area contributed by atoms with Gasteiger partial charge in [0.2, 0.25) is 0 Å². The van der Waals surface area contributed by atoms with E-state index in [1.165, 1.54) is 0 Å². The lowest BCUT2D eigenvalue weighted by Crippen LogP contribution is -1.98. The van der Waals surface area contributed by atoms with Gasteiger partial charge in [-0.2, -0.15) is 0 Å². The molecule has 0 spiro atoms. The van der Waals surface area contributed by atoms with E-state index in [-0.39, 0.29) is 0 Å². The molecule has 0 aliphatic heterocycles. The second-order valence-corrected chi connectivity index (χ2v) is 4.67. The topological polar surface area (TPSA) is 60.0 Å². The Labute approximate surface area is 128 Å². The highest BCUT2D eigenvalue weighted by atomic mass is 16.5. The van der Waals surface area contributed by atoms with Crippen LogP contribution in [0, 0.1) is 0 Å². The van der Waals surface area contributed by atoms with E-state index < -0.39 is 0 Å². The molecule has 0 aliphatic carbocycles. The Bertz CT molecular complexity index is 762. The molecule has 0 unspecified atom stereocenters. The summed E-state index contributed by atoms with van der Waals surface area (Å²) in [6.45, 7) is 6.62. The highest BCUT2D eigenvalue weighted by Crippen LogP contribution is 2.33. The summed E-state index contributed by atoms with van der Waals surface area (Å²) in [5.41, 5.74) is 2.66. The molecule has 0 fully saturated rings.